The van der Waals surface area contributed by atoms with Crippen molar-refractivity contribution in [1.82, 2.24) is 5.32 Å². The zero-order chi connectivity index (χ0) is 15.2. The average molecular weight is 415 g/mol. The molecule has 3 nitrogen and oxygen atoms in total. The van der Waals surface area contributed by atoms with Crippen molar-refractivity contribution in [1.29, 1.82) is 0 Å². The van der Waals surface area contributed by atoms with Crippen LogP contribution in [-0.4, -0.2) is 11.7 Å². The second-order valence-electron chi connectivity index (χ2n) is 4.58. The van der Waals surface area contributed by atoms with Crippen LogP contribution < -0.4 is 10.1 Å². The smallest absolute Gasteiger partial charge is 0.138 e. The Bertz CT molecular complexity index is 600. The second-order valence-corrected chi connectivity index (χ2v) is 6.35. The molecule has 0 saturated carbocycles. The van der Waals surface area contributed by atoms with Crippen molar-refractivity contribution in [3.8, 4) is 11.5 Å². The molecule has 5 heteroatoms. The van der Waals surface area contributed by atoms with Crippen LogP contribution in [0.3, 0.4) is 0 Å². The molecule has 0 heterocycles. The van der Waals surface area contributed by atoms with Gasteiger partial charge in [0.1, 0.15) is 11.5 Å². The van der Waals surface area contributed by atoms with Crippen LogP contribution in [0.1, 0.15) is 18.1 Å². The van der Waals surface area contributed by atoms with Crippen molar-refractivity contribution in [2.45, 2.75) is 20.0 Å². The van der Waals surface area contributed by atoms with E-state index in [4.69, 9.17) is 4.74 Å². The van der Waals surface area contributed by atoms with Gasteiger partial charge in [-0.25, -0.2) is 0 Å². The maximum atomic E-state index is 9.27. The number of halogens is 2. The number of hydrogen-bond acceptors (Lipinski definition) is 3. The highest BCUT2D eigenvalue weighted by Gasteiger charge is 2.09. The minimum Gasteiger partial charge on any atom is -0.508 e. The van der Waals surface area contributed by atoms with E-state index >= 15 is 0 Å². The number of phenolic OH excluding ortho intramolecular Hbond substituents is 1. The molecule has 0 fully saturated rings. The molecule has 2 aromatic rings. The van der Waals surface area contributed by atoms with Crippen LogP contribution in [0, 0.1) is 0 Å². The zero-order valence-electron chi connectivity index (χ0n) is 11.7. The first-order chi connectivity index (χ1) is 10.1. The van der Waals surface area contributed by atoms with E-state index in [-0.39, 0.29) is 5.75 Å². The summed E-state index contributed by atoms with van der Waals surface area (Å²) in [4.78, 5) is 0. The summed E-state index contributed by atoms with van der Waals surface area (Å²) >= 11 is 7.04. The monoisotopic (exact) mass is 413 g/mol. The van der Waals surface area contributed by atoms with E-state index in [0.717, 1.165) is 32.4 Å². The lowest BCUT2D eigenvalue weighted by molar-refractivity contribution is 0.333. The summed E-state index contributed by atoms with van der Waals surface area (Å²) in [6, 6.07) is 11.2. The molecule has 0 radical (unpaired) electrons. The maximum Gasteiger partial charge on any atom is 0.138 e. The van der Waals surface area contributed by atoms with E-state index < -0.39 is 0 Å². The lowest BCUT2D eigenvalue weighted by Crippen LogP contribution is -2.14. The molecule has 2 N–H and O–H groups in total. The molecule has 0 aliphatic heterocycles. The van der Waals surface area contributed by atoms with Crippen molar-refractivity contribution >= 4 is 31.9 Å². The molecule has 0 amide bonds. The van der Waals surface area contributed by atoms with Crippen molar-refractivity contribution in [3.63, 3.8) is 0 Å². The first-order valence-corrected chi connectivity index (χ1v) is 8.28. The van der Waals surface area contributed by atoms with Crippen LogP contribution >= 0.6 is 31.9 Å². The fraction of sp³-hybridized carbons (Fsp3) is 0.250. The van der Waals surface area contributed by atoms with Gasteiger partial charge in [0.05, 0.1) is 11.1 Å². The Morgan fingerprint density at radius 3 is 2.48 bits per heavy atom. The predicted octanol–water partition coefficient (Wildman–Crippen LogP) is 4.61. The number of hydrogen-bond donors (Lipinski definition) is 2. The number of rotatable bonds is 6. The third-order valence-electron chi connectivity index (χ3n) is 2.95. The lowest BCUT2D eigenvalue weighted by Gasteiger charge is -2.14. The van der Waals surface area contributed by atoms with Gasteiger partial charge in [0.15, 0.2) is 0 Å². The number of benzene rings is 2. The number of phenols is 1. The molecule has 2 aromatic carbocycles. The van der Waals surface area contributed by atoms with Crippen LogP contribution in [0.4, 0.5) is 0 Å². The molecule has 0 aliphatic rings. The van der Waals surface area contributed by atoms with Crippen molar-refractivity contribution in [2.75, 3.05) is 6.61 Å². The molecule has 112 valence electrons. The largest absolute Gasteiger partial charge is 0.508 e. The number of nitrogens with one attached hydrogen (secondary N) is 1. The summed E-state index contributed by atoms with van der Waals surface area (Å²) in [5, 5.41) is 12.7. The molecule has 0 aromatic heterocycles. The molecule has 0 atom stereocenters. The molecule has 0 spiro atoms. The van der Waals surface area contributed by atoms with Gasteiger partial charge in [0.25, 0.3) is 0 Å². The van der Waals surface area contributed by atoms with Crippen molar-refractivity contribution < 1.29 is 9.84 Å². The highest BCUT2D eigenvalue weighted by molar-refractivity contribution is 9.11. The summed E-state index contributed by atoms with van der Waals surface area (Å²) in [5.41, 5.74) is 2.22. The third-order valence-corrected chi connectivity index (χ3v) is 4.00. The van der Waals surface area contributed by atoms with E-state index in [2.05, 4.69) is 43.2 Å². The van der Waals surface area contributed by atoms with E-state index in [1.807, 2.05) is 25.1 Å². The molecule has 0 unspecified atom stereocenters. The summed E-state index contributed by atoms with van der Waals surface area (Å²) in [6.07, 6.45) is 0. The van der Waals surface area contributed by atoms with E-state index in [9.17, 15) is 5.11 Å². The molecular weight excluding hydrogens is 398 g/mol. The number of ether oxygens (including phenoxy) is 1. The summed E-state index contributed by atoms with van der Waals surface area (Å²) in [7, 11) is 0. The van der Waals surface area contributed by atoms with Gasteiger partial charge >= 0.3 is 0 Å². The highest BCUT2D eigenvalue weighted by atomic mass is 79.9. The van der Waals surface area contributed by atoms with Crippen molar-refractivity contribution in [2.24, 2.45) is 0 Å². The Hall–Kier alpha value is -1.04. The molecule has 0 saturated heterocycles. The maximum absolute atomic E-state index is 9.27. The minimum absolute atomic E-state index is 0.285. The van der Waals surface area contributed by atoms with Gasteiger partial charge in [-0.05, 0) is 52.7 Å². The van der Waals surface area contributed by atoms with E-state index in [1.165, 1.54) is 0 Å². The molecule has 0 aliphatic carbocycles. The first-order valence-electron chi connectivity index (χ1n) is 6.69. The van der Waals surface area contributed by atoms with Crippen LogP contribution in [0.2, 0.25) is 0 Å². The van der Waals surface area contributed by atoms with E-state index in [1.54, 1.807) is 12.1 Å². The fourth-order valence-electron chi connectivity index (χ4n) is 2.01. The Kier molecular flexibility index (Phi) is 6.08. The number of aromatic hydroxyl groups is 1. The molecule has 2 rings (SSSR count). The van der Waals surface area contributed by atoms with Crippen LogP contribution in [0.5, 0.6) is 11.5 Å². The Morgan fingerprint density at radius 2 is 1.81 bits per heavy atom. The third kappa shape index (κ3) is 4.73. The summed E-state index contributed by atoms with van der Waals surface area (Å²) in [5.74, 6) is 1.16. The highest BCUT2D eigenvalue weighted by Crippen LogP contribution is 2.33. The van der Waals surface area contributed by atoms with Crippen molar-refractivity contribution in [3.05, 3.63) is 56.5 Å². The predicted molar refractivity (Wildman–Crippen MR) is 91.7 cm³/mol. The Labute approximate surface area is 141 Å². The quantitative estimate of drug-likeness (QED) is 0.725. The zero-order valence-corrected chi connectivity index (χ0v) is 14.9. The standard InChI is InChI=1S/C16H17Br2NO2/c1-2-21-16-12(7-13(17)8-15(16)18)10-19-9-11-3-5-14(20)6-4-11/h3-8,19-20H,2,9-10H2,1H3. The average Bonchev–Trinajstić information content (AvgIpc) is 2.44. The van der Waals surface area contributed by atoms with Gasteiger partial charge in [0, 0.05) is 23.1 Å². The Balaban J connectivity index is 2.03. The topological polar surface area (TPSA) is 41.5 Å². The Morgan fingerprint density at radius 1 is 1.10 bits per heavy atom. The van der Waals surface area contributed by atoms with Gasteiger partial charge in [-0.3, -0.25) is 0 Å². The van der Waals surface area contributed by atoms with Gasteiger partial charge < -0.3 is 15.2 Å². The van der Waals surface area contributed by atoms with Gasteiger partial charge in [-0.15, -0.1) is 0 Å². The molecular formula is C16H17Br2NO2. The first kappa shape index (κ1) is 16.3. The lowest BCUT2D eigenvalue weighted by atomic mass is 10.2. The van der Waals surface area contributed by atoms with Crippen LogP contribution in [-0.2, 0) is 13.1 Å². The van der Waals surface area contributed by atoms with Gasteiger partial charge in [0.2, 0.25) is 0 Å². The van der Waals surface area contributed by atoms with Crippen LogP contribution in [0.15, 0.2) is 45.3 Å². The second kappa shape index (κ2) is 7.82. The van der Waals surface area contributed by atoms with Gasteiger partial charge in [-0.2, -0.15) is 0 Å². The fourth-order valence-corrected chi connectivity index (χ4v) is 3.43. The summed E-state index contributed by atoms with van der Waals surface area (Å²) in [6.45, 7) is 4.04. The van der Waals surface area contributed by atoms with E-state index in [0.29, 0.717) is 13.2 Å². The SMILES string of the molecule is CCOc1c(Br)cc(Br)cc1CNCc1ccc(O)cc1. The minimum atomic E-state index is 0.285. The molecule has 21 heavy (non-hydrogen) atoms. The van der Waals surface area contributed by atoms with Gasteiger partial charge in [-0.1, -0.05) is 28.1 Å². The summed E-state index contributed by atoms with van der Waals surface area (Å²) < 4.78 is 7.66. The normalized spacial score (nSPS) is 10.6. The molecule has 0 bridgehead atoms. The van der Waals surface area contributed by atoms with Crippen LogP contribution in [0.25, 0.3) is 0 Å².